The molecule has 2 aliphatic rings. The molecule has 1 fully saturated rings. The summed E-state index contributed by atoms with van der Waals surface area (Å²) in [5, 5.41) is 15.0. The van der Waals surface area contributed by atoms with Gasteiger partial charge in [-0.15, -0.1) is 0 Å². The summed E-state index contributed by atoms with van der Waals surface area (Å²) >= 11 is 0. The number of carboxylic acid groups (broad SMARTS) is 1. The third kappa shape index (κ3) is 8.24. The number of carbonyl (C=O) groups excluding carboxylic acids is 3. The highest BCUT2D eigenvalue weighted by molar-refractivity contribution is 5.95. The van der Waals surface area contributed by atoms with E-state index < -0.39 is 0 Å². The van der Waals surface area contributed by atoms with Crippen molar-refractivity contribution in [2.75, 3.05) is 65.5 Å². The molecule has 6 heterocycles. The minimum Gasteiger partial charge on any atom is -0.493 e. The van der Waals surface area contributed by atoms with Gasteiger partial charge in [-0.05, 0) is 43.0 Å². The van der Waals surface area contributed by atoms with Crippen LogP contribution in [0.25, 0.3) is 16.6 Å². The van der Waals surface area contributed by atoms with E-state index >= 15 is 0 Å². The number of benzene rings is 1. The van der Waals surface area contributed by atoms with Crippen LogP contribution in [0.4, 0.5) is 5.82 Å². The van der Waals surface area contributed by atoms with Crippen molar-refractivity contribution < 1.29 is 38.5 Å². The van der Waals surface area contributed by atoms with Crippen molar-refractivity contribution in [1.29, 1.82) is 0 Å². The molecular formula is C38H45N9O8. The van der Waals surface area contributed by atoms with E-state index in [1.807, 2.05) is 36.5 Å². The molecule has 3 amide bonds. The first-order chi connectivity index (χ1) is 26.7. The van der Waals surface area contributed by atoms with Gasteiger partial charge in [-0.1, -0.05) is 6.07 Å². The number of methoxy groups -OCH3 is 3. The number of hydrogen-bond donors (Lipinski definition) is 2. The van der Waals surface area contributed by atoms with Crippen LogP contribution < -0.4 is 24.4 Å². The monoisotopic (exact) mass is 755 g/mol. The molecule has 1 saturated heterocycles. The fourth-order valence-corrected chi connectivity index (χ4v) is 7.18. The van der Waals surface area contributed by atoms with Gasteiger partial charge in [-0.3, -0.25) is 23.9 Å². The molecule has 0 spiro atoms. The number of ether oxygens (including phenoxy) is 3. The highest BCUT2D eigenvalue weighted by atomic mass is 16.5. The van der Waals surface area contributed by atoms with Crippen molar-refractivity contribution in [3.63, 3.8) is 0 Å². The van der Waals surface area contributed by atoms with E-state index in [-0.39, 0.29) is 68.4 Å². The van der Waals surface area contributed by atoms with E-state index in [0.717, 1.165) is 30.8 Å². The number of piperidine rings is 1. The number of imidazole rings is 1. The summed E-state index contributed by atoms with van der Waals surface area (Å²) in [6.07, 6.45) is 7.07. The summed E-state index contributed by atoms with van der Waals surface area (Å²) in [6, 6.07) is 11.1. The minimum atomic E-state index is -0.324. The smallest absolute Gasteiger partial charge is 0.290 e. The number of rotatable bonds is 5. The molecule has 2 aliphatic heterocycles. The number of aromatic nitrogens is 5. The topological polar surface area (TPSA) is 186 Å². The Morgan fingerprint density at radius 3 is 2.45 bits per heavy atom. The van der Waals surface area contributed by atoms with Crippen molar-refractivity contribution in [2.45, 2.75) is 25.8 Å². The second kappa shape index (κ2) is 17.2. The van der Waals surface area contributed by atoms with Crippen LogP contribution in [0.1, 0.15) is 45.8 Å². The Bertz CT molecular complexity index is 2150. The molecule has 1 aromatic carbocycles. The van der Waals surface area contributed by atoms with Gasteiger partial charge in [0.15, 0.2) is 11.5 Å². The predicted molar refractivity (Wildman–Crippen MR) is 202 cm³/mol. The molecule has 0 aliphatic carbocycles. The Balaban J connectivity index is 0.00000166. The van der Waals surface area contributed by atoms with Gasteiger partial charge in [0.25, 0.3) is 18.3 Å². The number of anilines is 1. The second-order valence-corrected chi connectivity index (χ2v) is 13.2. The lowest BCUT2D eigenvalue weighted by atomic mass is 9.97. The number of hydrogen-bond acceptors (Lipinski definition) is 11. The average molecular weight is 756 g/mol. The lowest BCUT2D eigenvalue weighted by Crippen LogP contribution is -2.43. The molecule has 17 heteroatoms. The van der Waals surface area contributed by atoms with E-state index in [4.69, 9.17) is 29.1 Å². The van der Waals surface area contributed by atoms with Gasteiger partial charge in [0, 0.05) is 94.9 Å². The van der Waals surface area contributed by atoms with Gasteiger partial charge >= 0.3 is 0 Å². The highest BCUT2D eigenvalue weighted by Crippen LogP contribution is 2.44. The largest absolute Gasteiger partial charge is 0.493 e. The van der Waals surface area contributed by atoms with E-state index in [0.29, 0.717) is 52.6 Å². The summed E-state index contributed by atoms with van der Waals surface area (Å²) in [7, 11) is 6.42. The Hall–Kier alpha value is -6.39. The number of nitrogens with zero attached hydrogens (tertiary/aromatic N) is 8. The van der Waals surface area contributed by atoms with E-state index in [2.05, 4.69) is 20.3 Å². The Kier molecular flexibility index (Phi) is 12.0. The second-order valence-electron chi connectivity index (χ2n) is 13.2. The van der Waals surface area contributed by atoms with Crippen molar-refractivity contribution in [1.82, 2.24) is 39.3 Å². The first-order valence-electron chi connectivity index (χ1n) is 17.9. The molecule has 55 heavy (non-hydrogen) atoms. The number of carbonyl (C=O) groups is 4. The van der Waals surface area contributed by atoms with E-state index in [9.17, 15) is 14.4 Å². The number of amides is 3. The summed E-state index contributed by atoms with van der Waals surface area (Å²) < 4.78 is 20.5. The summed E-state index contributed by atoms with van der Waals surface area (Å²) in [4.78, 5) is 65.3. The predicted octanol–water partition coefficient (Wildman–Crippen LogP) is 2.86. The number of pyridine rings is 2. The molecular weight excluding hydrogens is 710 g/mol. The quantitative estimate of drug-likeness (QED) is 0.251. The van der Waals surface area contributed by atoms with Crippen molar-refractivity contribution in [2.24, 2.45) is 13.0 Å². The molecule has 0 radical (unpaired) electrons. The molecule has 7 rings (SSSR count). The highest BCUT2D eigenvalue weighted by Gasteiger charge is 2.30. The van der Waals surface area contributed by atoms with Gasteiger partial charge in [0.05, 0.1) is 26.8 Å². The maximum Gasteiger partial charge on any atom is 0.290 e. The fourth-order valence-electron chi connectivity index (χ4n) is 7.18. The van der Waals surface area contributed by atoms with Crippen LogP contribution in [0.3, 0.4) is 0 Å². The van der Waals surface area contributed by atoms with Gasteiger partial charge in [-0.25, -0.2) is 9.97 Å². The van der Waals surface area contributed by atoms with Crippen LogP contribution in [-0.4, -0.2) is 124 Å². The molecule has 1 unspecified atom stereocenters. The Labute approximate surface area is 317 Å². The Morgan fingerprint density at radius 1 is 0.964 bits per heavy atom. The standard InChI is InChI=1S/C37H43N9O6.CH2O2/c1-42-29(10-12-39-42)37(49)46-17-16-43(36(48)28-23-44-13-6-5-9-31(44)40-28)15-11-32(47)38-20-24-8-7-14-45(21-24)35-25(22-46)18-26-27(41-35)19-30(50-2)34(52-4)33(26)51-3;2-1-3/h5-6,9-10,12-13,18-19,23-24H,7-8,11,14-17,20-22H2,1-4H3,(H,38,47);1H,(H,2,3). The third-order valence-electron chi connectivity index (χ3n) is 9.89. The number of aryl methyl sites for hydroxylation is 1. The molecule has 2 N–H and O–H groups in total. The zero-order chi connectivity index (χ0) is 39.1. The Morgan fingerprint density at radius 2 is 1.75 bits per heavy atom. The molecule has 2 bridgehead atoms. The minimum absolute atomic E-state index is 0.113. The van der Waals surface area contributed by atoms with Crippen LogP contribution in [0.5, 0.6) is 17.2 Å². The van der Waals surface area contributed by atoms with Gasteiger partial charge in [0.1, 0.15) is 22.9 Å². The zero-order valence-corrected chi connectivity index (χ0v) is 31.3. The van der Waals surface area contributed by atoms with Crippen LogP contribution in [0.2, 0.25) is 0 Å². The first kappa shape index (κ1) is 38.3. The van der Waals surface area contributed by atoms with Crippen molar-refractivity contribution in [3.8, 4) is 17.2 Å². The summed E-state index contributed by atoms with van der Waals surface area (Å²) in [6.45, 7) is 2.33. The van der Waals surface area contributed by atoms with Gasteiger partial charge < -0.3 is 43.7 Å². The lowest BCUT2D eigenvalue weighted by Gasteiger charge is -2.35. The third-order valence-corrected chi connectivity index (χ3v) is 9.89. The molecule has 290 valence electrons. The van der Waals surface area contributed by atoms with Crippen LogP contribution in [0, 0.1) is 5.92 Å². The lowest BCUT2D eigenvalue weighted by molar-refractivity contribution is -0.123. The fraction of sp³-hybridized carbons (Fsp3) is 0.395. The van der Waals surface area contributed by atoms with E-state index in [1.165, 1.54) is 4.68 Å². The van der Waals surface area contributed by atoms with Crippen molar-refractivity contribution in [3.05, 3.63) is 71.9 Å². The van der Waals surface area contributed by atoms with Gasteiger partial charge in [0.2, 0.25) is 11.7 Å². The normalized spacial score (nSPS) is 16.5. The van der Waals surface area contributed by atoms with Crippen LogP contribution in [-0.2, 0) is 23.2 Å². The van der Waals surface area contributed by atoms with Crippen LogP contribution in [0.15, 0.2) is 55.0 Å². The number of nitrogens with one attached hydrogen (secondary N) is 1. The maximum absolute atomic E-state index is 14.4. The van der Waals surface area contributed by atoms with Gasteiger partial charge in [-0.2, -0.15) is 5.10 Å². The van der Waals surface area contributed by atoms with Crippen LogP contribution >= 0.6 is 0 Å². The number of fused-ring (bicyclic) bond motifs is 6. The average Bonchev–Trinajstić information content (AvgIpc) is 3.84. The molecule has 4 aromatic heterocycles. The first-order valence-corrected chi connectivity index (χ1v) is 17.9. The molecule has 17 nitrogen and oxygen atoms in total. The molecule has 0 saturated carbocycles. The van der Waals surface area contributed by atoms with Crippen molar-refractivity contribution >= 4 is 46.6 Å². The molecule has 1 atom stereocenters. The molecule has 5 aromatic rings. The SMILES string of the molecule is COc1cc2nc3c(cc2c(OC)c1OC)CN(C(=O)c1ccnn1C)CCN(C(=O)c1cn2ccccc2n1)CCC(=O)NCC1CCCN3C1.O=CO. The van der Waals surface area contributed by atoms with E-state index in [1.54, 1.807) is 61.0 Å². The maximum atomic E-state index is 14.4. The summed E-state index contributed by atoms with van der Waals surface area (Å²) in [5.74, 6) is 1.58. The zero-order valence-electron chi connectivity index (χ0n) is 31.3. The summed E-state index contributed by atoms with van der Waals surface area (Å²) in [5.41, 5.74) is 2.74.